The smallest absolute Gasteiger partial charge is 0.430 e. The third-order valence-corrected chi connectivity index (χ3v) is 4.82. The fraction of sp³-hybridized carbons (Fsp3) is 0.286. The van der Waals surface area contributed by atoms with Gasteiger partial charge in [-0.3, -0.25) is 0 Å². The molecule has 4 nitrogen and oxygen atoms in total. The van der Waals surface area contributed by atoms with Crippen molar-refractivity contribution in [1.82, 2.24) is 0 Å². The molecule has 2 aromatic rings. The van der Waals surface area contributed by atoms with Crippen LogP contribution in [0.1, 0.15) is 30.5 Å². The summed E-state index contributed by atoms with van der Waals surface area (Å²) in [6, 6.07) is 7.85. The Labute approximate surface area is 181 Å². The van der Waals surface area contributed by atoms with Crippen LogP contribution in [-0.2, 0) is 11.2 Å². The number of hydrogen-bond acceptors (Lipinski definition) is 3. The van der Waals surface area contributed by atoms with Gasteiger partial charge in [-0.2, -0.15) is 13.2 Å². The molecule has 1 aliphatic heterocycles. The summed E-state index contributed by atoms with van der Waals surface area (Å²) in [6.07, 6.45) is -6.21. The van der Waals surface area contributed by atoms with Crippen molar-refractivity contribution in [1.29, 1.82) is 0 Å². The number of benzene rings is 2. The van der Waals surface area contributed by atoms with Crippen LogP contribution in [0.3, 0.4) is 0 Å². The first-order valence-corrected chi connectivity index (χ1v) is 9.69. The van der Waals surface area contributed by atoms with Gasteiger partial charge in [0.15, 0.2) is 0 Å². The van der Waals surface area contributed by atoms with Gasteiger partial charge in [0.25, 0.3) is 0 Å². The summed E-state index contributed by atoms with van der Waals surface area (Å²) < 4.78 is 49.7. The van der Waals surface area contributed by atoms with E-state index in [1.54, 1.807) is 18.2 Å². The van der Waals surface area contributed by atoms with E-state index < -0.39 is 23.8 Å². The van der Waals surface area contributed by atoms with E-state index >= 15 is 0 Å². The lowest BCUT2D eigenvalue weighted by Crippen LogP contribution is -2.40. The fourth-order valence-electron chi connectivity index (χ4n) is 2.85. The Hall–Kier alpha value is -2.38. The highest BCUT2D eigenvalue weighted by Crippen LogP contribution is 2.40. The van der Waals surface area contributed by atoms with Gasteiger partial charge in [0.2, 0.25) is 6.10 Å². The average Bonchev–Trinajstić information content (AvgIpc) is 2.68. The summed E-state index contributed by atoms with van der Waals surface area (Å²) in [7, 11) is 1.48. The van der Waals surface area contributed by atoms with Crippen molar-refractivity contribution in [2.75, 3.05) is 7.11 Å². The average molecular weight is 463 g/mol. The van der Waals surface area contributed by atoms with E-state index in [9.17, 15) is 18.0 Å². The SMILES string of the molecule is CC.COc1ccc(Cc2cc3c(cc2Cl)C=C(C(=O)O)C(C(F)(F)F)O3)cc1Cl. The summed E-state index contributed by atoms with van der Waals surface area (Å²) in [6.45, 7) is 4.00. The molecule has 1 atom stereocenters. The molecule has 3 rings (SSSR count). The Morgan fingerprint density at radius 1 is 1.17 bits per heavy atom. The van der Waals surface area contributed by atoms with Gasteiger partial charge in [0, 0.05) is 10.6 Å². The molecule has 0 spiro atoms. The van der Waals surface area contributed by atoms with Crippen LogP contribution in [0, 0.1) is 0 Å². The van der Waals surface area contributed by atoms with Crippen LogP contribution in [0.5, 0.6) is 11.5 Å². The first kappa shape index (κ1) is 23.9. The van der Waals surface area contributed by atoms with Crippen molar-refractivity contribution in [3.05, 3.63) is 62.6 Å². The zero-order valence-corrected chi connectivity index (χ0v) is 17.8. The fourth-order valence-corrected chi connectivity index (χ4v) is 3.37. The molecule has 0 radical (unpaired) electrons. The molecule has 0 amide bonds. The summed E-state index contributed by atoms with van der Waals surface area (Å²) in [5.74, 6) is -1.31. The minimum atomic E-state index is -4.87. The maximum absolute atomic E-state index is 13.2. The molecule has 2 aromatic carbocycles. The number of alkyl halides is 3. The maximum Gasteiger partial charge on any atom is 0.430 e. The summed E-state index contributed by atoms with van der Waals surface area (Å²) in [5, 5.41) is 9.73. The highest BCUT2D eigenvalue weighted by atomic mass is 35.5. The Bertz CT molecular complexity index is 971. The summed E-state index contributed by atoms with van der Waals surface area (Å²) in [5.41, 5.74) is 0.539. The highest BCUT2D eigenvalue weighted by Gasteiger charge is 2.48. The number of ether oxygens (including phenoxy) is 2. The van der Waals surface area contributed by atoms with Crippen molar-refractivity contribution in [2.45, 2.75) is 32.5 Å². The van der Waals surface area contributed by atoms with Crippen LogP contribution in [0.4, 0.5) is 13.2 Å². The van der Waals surface area contributed by atoms with Crippen LogP contribution in [0.15, 0.2) is 35.9 Å². The number of halogens is 5. The standard InChI is InChI=1S/C19H13Cl2F3O4.C2H6/c1-27-15-3-2-9(5-14(15)21)4-10-8-16-11(7-13(10)20)6-12(18(25)26)17(28-16)19(22,23)24;1-2/h2-3,5-8,17H,4H2,1H3,(H,25,26);1-2H3. The van der Waals surface area contributed by atoms with Crippen molar-refractivity contribution >= 4 is 35.2 Å². The monoisotopic (exact) mass is 462 g/mol. The molecule has 0 aliphatic carbocycles. The van der Waals surface area contributed by atoms with Crippen LogP contribution in [0.25, 0.3) is 6.08 Å². The summed E-state index contributed by atoms with van der Waals surface area (Å²) >= 11 is 12.3. The molecule has 0 saturated heterocycles. The number of fused-ring (bicyclic) bond motifs is 1. The van der Waals surface area contributed by atoms with Crippen LogP contribution in [-0.4, -0.2) is 30.5 Å². The molecule has 1 unspecified atom stereocenters. The molecule has 9 heteroatoms. The Morgan fingerprint density at radius 2 is 1.83 bits per heavy atom. The van der Waals surface area contributed by atoms with E-state index in [2.05, 4.69) is 0 Å². The number of carboxylic acid groups (broad SMARTS) is 1. The van der Waals surface area contributed by atoms with E-state index in [1.165, 1.54) is 19.2 Å². The molecule has 0 aromatic heterocycles. The van der Waals surface area contributed by atoms with Gasteiger partial charge in [-0.25, -0.2) is 4.79 Å². The Kier molecular flexibility index (Phi) is 7.66. The lowest BCUT2D eigenvalue weighted by atomic mass is 9.97. The number of carboxylic acids is 1. The number of methoxy groups -OCH3 is 1. The summed E-state index contributed by atoms with van der Waals surface area (Å²) in [4.78, 5) is 11.2. The zero-order chi connectivity index (χ0) is 22.6. The van der Waals surface area contributed by atoms with Crippen molar-refractivity contribution in [3.63, 3.8) is 0 Å². The first-order valence-electron chi connectivity index (χ1n) is 8.93. The quantitative estimate of drug-likeness (QED) is 0.570. The topological polar surface area (TPSA) is 55.8 Å². The van der Waals surface area contributed by atoms with Crippen LogP contribution in [0.2, 0.25) is 10.0 Å². The second-order valence-electron chi connectivity index (χ2n) is 6.07. The highest BCUT2D eigenvalue weighted by molar-refractivity contribution is 6.32. The van der Waals surface area contributed by atoms with Gasteiger partial charge < -0.3 is 14.6 Å². The molecule has 162 valence electrons. The van der Waals surface area contributed by atoms with E-state index in [4.69, 9.17) is 37.8 Å². The third kappa shape index (κ3) is 5.21. The molecular weight excluding hydrogens is 444 g/mol. The van der Waals surface area contributed by atoms with Gasteiger partial charge in [0.1, 0.15) is 11.5 Å². The number of carbonyl (C=O) groups is 1. The van der Waals surface area contributed by atoms with Gasteiger partial charge in [0.05, 0.1) is 17.7 Å². The maximum atomic E-state index is 13.2. The van der Waals surface area contributed by atoms with E-state index in [1.807, 2.05) is 13.8 Å². The van der Waals surface area contributed by atoms with Crippen LogP contribution < -0.4 is 9.47 Å². The molecule has 30 heavy (non-hydrogen) atoms. The number of rotatable bonds is 4. The minimum absolute atomic E-state index is 0.0914. The molecule has 1 aliphatic rings. The number of aliphatic carboxylic acids is 1. The first-order chi connectivity index (χ1) is 14.1. The number of hydrogen-bond donors (Lipinski definition) is 1. The van der Waals surface area contributed by atoms with Crippen LogP contribution >= 0.6 is 23.2 Å². The molecular formula is C21H19Cl2F3O4. The van der Waals surface area contributed by atoms with E-state index in [-0.39, 0.29) is 22.8 Å². The van der Waals surface area contributed by atoms with Crippen molar-refractivity contribution < 1.29 is 32.5 Å². The van der Waals surface area contributed by atoms with Gasteiger partial charge >= 0.3 is 12.1 Å². The predicted molar refractivity (Wildman–Crippen MR) is 110 cm³/mol. The minimum Gasteiger partial charge on any atom is -0.495 e. The lowest BCUT2D eigenvalue weighted by Gasteiger charge is -2.27. The molecule has 0 saturated carbocycles. The Morgan fingerprint density at radius 3 is 2.37 bits per heavy atom. The third-order valence-electron chi connectivity index (χ3n) is 4.17. The normalized spacial score (nSPS) is 15.2. The Balaban J connectivity index is 0.00000155. The van der Waals surface area contributed by atoms with E-state index in [0.717, 1.165) is 11.6 Å². The van der Waals surface area contributed by atoms with Gasteiger partial charge in [-0.05, 0) is 47.9 Å². The second-order valence-corrected chi connectivity index (χ2v) is 6.89. The van der Waals surface area contributed by atoms with Gasteiger partial charge in [-0.1, -0.05) is 43.1 Å². The zero-order valence-electron chi connectivity index (χ0n) is 16.3. The van der Waals surface area contributed by atoms with Crippen molar-refractivity contribution in [3.8, 4) is 11.5 Å². The second kappa shape index (κ2) is 9.62. The van der Waals surface area contributed by atoms with E-state index in [0.29, 0.717) is 16.3 Å². The molecule has 1 N–H and O–H groups in total. The molecule has 0 bridgehead atoms. The van der Waals surface area contributed by atoms with Crippen molar-refractivity contribution in [2.24, 2.45) is 0 Å². The lowest BCUT2D eigenvalue weighted by molar-refractivity contribution is -0.187. The predicted octanol–water partition coefficient (Wildman–Crippen LogP) is 6.41. The molecule has 1 heterocycles. The largest absolute Gasteiger partial charge is 0.495 e. The van der Waals surface area contributed by atoms with Gasteiger partial charge in [-0.15, -0.1) is 0 Å². The molecule has 0 fully saturated rings.